The van der Waals surface area contributed by atoms with Crippen LogP contribution < -0.4 is 4.72 Å². The maximum absolute atomic E-state index is 12.8. The molecule has 1 aromatic carbocycles. The van der Waals surface area contributed by atoms with E-state index < -0.39 is 48.2 Å². The fourth-order valence-electron chi connectivity index (χ4n) is 1.85. The van der Waals surface area contributed by atoms with E-state index in [4.69, 9.17) is 23.2 Å². The third-order valence-electron chi connectivity index (χ3n) is 2.78. The molecule has 0 atom stereocenters. The number of hydrogen-bond donors (Lipinski definition) is 1. The molecular weight excluding hydrogens is 412 g/mol. The van der Waals surface area contributed by atoms with Gasteiger partial charge < -0.3 is 0 Å². The summed E-state index contributed by atoms with van der Waals surface area (Å²) in [5.41, 5.74) is -2.24. The number of hydrogen-bond acceptors (Lipinski definition) is 5. The Hall–Kier alpha value is -2.05. The number of alkyl halides is 3. The predicted octanol–water partition coefficient (Wildman–Crippen LogP) is 3.48. The van der Waals surface area contributed by atoms with E-state index in [2.05, 4.69) is 5.10 Å². The van der Waals surface area contributed by atoms with Gasteiger partial charge in [-0.15, -0.1) is 0 Å². The van der Waals surface area contributed by atoms with Gasteiger partial charge >= 0.3 is 11.9 Å². The van der Waals surface area contributed by atoms with Crippen LogP contribution in [0.5, 0.6) is 0 Å². The van der Waals surface area contributed by atoms with Crippen LogP contribution in [0.3, 0.4) is 0 Å². The fraction of sp³-hybridized carbons (Fsp3) is 0.182. The third-order valence-corrected chi connectivity index (χ3v) is 3.93. The zero-order chi connectivity index (χ0) is 19.2. The maximum atomic E-state index is 12.8. The molecule has 0 spiro atoms. The van der Waals surface area contributed by atoms with Gasteiger partial charge in [-0.05, 0) is 12.1 Å². The minimum absolute atomic E-state index is 0.351. The van der Waals surface area contributed by atoms with E-state index in [0.717, 1.165) is 6.26 Å². The number of aromatic nitrogens is 2. The molecule has 0 bridgehead atoms. The summed E-state index contributed by atoms with van der Waals surface area (Å²) in [7, 11) is -3.97. The Morgan fingerprint density at radius 1 is 1.28 bits per heavy atom. The van der Waals surface area contributed by atoms with Crippen molar-refractivity contribution in [1.29, 1.82) is 0 Å². The molecule has 0 aliphatic carbocycles. The summed E-state index contributed by atoms with van der Waals surface area (Å²) in [6, 6.07) is 1.08. The molecule has 14 heteroatoms. The first kappa shape index (κ1) is 19.3. The van der Waals surface area contributed by atoms with E-state index in [1.54, 1.807) is 0 Å². The lowest BCUT2D eigenvalue weighted by Gasteiger charge is -2.14. The summed E-state index contributed by atoms with van der Waals surface area (Å²) in [6.45, 7) is 0. The Morgan fingerprint density at radius 3 is 2.20 bits per heavy atom. The normalized spacial score (nSPS) is 12.2. The van der Waals surface area contributed by atoms with Crippen LogP contribution in [0.2, 0.25) is 10.0 Å². The van der Waals surface area contributed by atoms with Gasteiger partial charge in [-0.25, -0.2) is 13.1 Å². The summed E-state index contributed by atoms with van der Waals surface area (Å²) in [5, 5.41) is 13.5. The molecule has 0 aliphatic heterocycles. The van der Waals surface area contributed by atoms with Gasteiger partial charge in [-0.1, -0.05) is 23.2 Å². The minimum atomic E-state index is -4.73. The highest BCUT2D eigenvalue weighted by atomic mass is 35.5. The highest BCUT2D eigenvalue weighted by Gasteiger charge is 2.33. The second kappa shape index (κ2) is 6.35. The number of nitrogens with zero attached hydrogens (tertiary/aromatic N) is 3. The molecule has 8 nitrogen and oxygen atoms in total. The molecule has 136 valence electrons. The van der Waals surface area contributed by atoms with Crippen LogP contribution in [-0.2, 0) is 16.2 Å². The van der Waals surface area contributed by atoms with Crippen molar-refractivity contribution in [2.45, 2.75) is 6.18 Å². The Bertz CT molecular complexity index is 936. The van der Waals surface area contributed by atoms with E-state index >= 15 is 0 Å². The topological polar surface area (TPSA) is 107 Å². The van der Waals surface area contributed by atoms with E-state index in [-0.39, 0.29) is 5.69 Å². The summed E-state index contributed by atoms with van der Waals surface area (Å²) in [4.78, 5) is 10.1. The van der Waals surface area contributed by atoms with Gasteiger partial charge in [-0.3, -0.25) is 14.8 Å². The van der Waals surface area contributed by atoms with Gasteiger partial charge in [0.25, 0.3) is 0 Å². The molecule has 0 radical (unpaired) electrons. The largest absolute Gasteiger partial charge is 0.416 e. The maximum Gasteiger partial charge on any atom is 0.416 e. The molecule has 1 N–H and O–H groups in total. The van der Waals surface area contributed by atoms with Crippen molar-refractivity contribution < 1.29 is 26.5 Å². The zero-order valence-corrected chi connectivity index (χ0v) is 14.3. The van der Waals surface area contributed by atoms with E-state index in [1.165, 1.54) is 0 Å². The Kier molecular flexibility index (Phi) is 4.90. The van der Waals surface area contributed by atoms with Gasteiger partial charge in [0.1, 0.15) is 11.9 Å². The molecule has 0 amide bonds. The first-order valence-corrected chi connectivity index (χ1v) is 8.73. The van der Waals surface area contributed by atoms with Crippen molar-refractivity contribution >= 4 is 44.7 Å². The van der Waals surface area contributed by atoms with Crippen LogP contribution in [0.25, 0.3) is 5.69 Å². The van der Waals surface area contributed by atoms with E-state index in [0.29, 0.717) is 23.0 Å². The average Bonchev–Trinajstić information content (AvgIpc) is 2.78. The van der Waals surface area contributed by atoms with Crippen molar-refractivity contribution in [3.8, 4) is 5.69 Å². The molecule has 2 rings (SSSR count). The monoisotopic (exact) mass is 418 g/mol. The van der Waals surface area contributed by atoms with Crippen LogP contribution in [0.1, 0.15) is 5.56 Å². The number of benzene rings is 1. The molecule has 0 unspecified atom stereocenters. The van der Waals surface area contributed by atoms with Crippen molar-refractivity contribution in [1.82, 2.24) is 9.78 Å². The molecule has 1 aromatic heterocycles. The first-order valence-electron chi connectivity index (χ1n) is 6.08. The zero-order valence-electron chi connectivity index (χ0n) is 12.0. The number of sulfonamides is 1. The third kappa shape index (κ3) is 4.14. The van der Waals surface area contributed by atoms with E-state index in [1.807, 2.05) is 4.72 Å². The molecular formula is C11H7Cl2F3N4O4S. The van der Waals surface area contributed by atoms with Crippen molar-refractivity contribution in [3.63, 3.8) is 0 Å². The fourth-order valence-corrected chi connectivity index (χ4v) is 3.04. The highest BCUT2D eigenvalue weighted by molar-refractivity contribution is 7.92. The molecule has 0 saturated heterocycles. The highest BCUT2D eigenvalue weighted by Crippen LogP contribution is 2.39. The molecule has 2 aromatic rings. The van der Waals surface area contributed by atoms with E-state index in [9.17, 15) is 31.7 Å². The second-order valence-electron chi connectivity index (χ2n) is 4.71. The first-order chi connectivity index (χ1) is 11.3. The summed E-state index contributed by atoms with van der Waals surface area (Å²) < 4.78 is 63.7. The number of rotatable bonds is 4. The number of halogens is 5. The smallest absolute Gasteiger partial charge is 0.262 e. The van der Waals surface area contributed by atoms with Crippen LogP contribution in [0.15, 0.2) is 18.3 Å². The minimum Gasteiger partial charge on any atom is -0.262 e. The lowest BCUT2D eigenvalue weighted by molar-refractivity contribution is -0.383. The SMILES string of the molecule is CS(=O)(=O)Nc1c([N+](=O)[O-])cnn1-c1c(Cl)cc(C(F)(F)F)cc1Cl. The van der Waals surface area contributed by atoms with Crippen LogP contribution in [0, 0.1) is 10.1 Å². The number of anilines is 1. The number of nitro groups is 1. The van der Waals surface area contributed by atoms with Crippen LogP contribution in [0.4, 0.5) is 24.7 Å². The summed E-state index contributed by atoms with van der Waals surface area (Å²) >= 11 is 11.6. The Labute approximate surface area is 148 Å². The van der Waals surface area contributed by atoms with Crippen LogP contribution >= 0.6 is 23.2 Å². The number of nitrogens with one attached hydrogen (secondary N) is 1. The second-order valence-corrected chi connectivity index (χ2v) is 7.27. The quantitative estimate of drug-likeness (QED) is 0.603. The molecule has 0 fully saturated rings. The lowest BCUT2D eigenvalue weighted by Crippen LogP contribution is -2.15. The molecule has 1 heterocycles. The predicted molar refractivity (Wildman–Crippen MR) is 83.7 cm³/mol. The van der Waals surface area contributed by atoms with Gasteiger partial charge in [-0.2, -0.15) is 18.3 Å². The van der Waals surface area contributed by atoms with Crippen LogP contribution in [-0.4, -0.2) is 29.4 Å². The molecule has 0 saturated carbocycles. The Balaban J connectivity index is 2.73. The van der Waals surface area contributed by atoms with Gasteiger partial charge in [0.2, 0.25) is 15.8 Å². The standard InChI is InChI=1S/C11H7Cl2F3N4O4S/c1-25(23,24)18-10-8(20(21)22)4-17-19(10)9-6(12)2-5(3-7(9)13)11(14,15)16/h2-4,18H,1H3. The summed E-state index contributed by atoms with van der Waals surface area (Å²) in [6.07, 6.45) is -3.29. The summed E-state index contributed by atoms with van der Waals surface area (Å²) in [5.74, 6) is -0.629. The van der Waals surface area contributed by atoms with Crippen molar-refractivity contribution in [3.05, 3.63) is 44.1 Å². The average molecular weight is 419 g/mol. The Morgan fingerprint density at radius 2 is 1.80 bits per heavy atom. The van der Waals surface area contributed by atoms with Gasteiger partial charge in [0.15, 0.2) is 0 Å². The van der Waals surface area contributed by atoms with Gasteiger partial charge in [0.05, 0.1) is 26.8 Å². The van der Waals surface area contributed by atoms with Crippen molar-refractivity contribution in [2.24, 2.45) is 0 Å². The molecule has 0 aliphatic rings. The van der Waals surface area contributed by atoms with Crippen molar-refractivity contribution in [2.75, 3.05) is 11.0 Å². The van der Waals surface area contributed by atoms with Gasteiger partial charge in [0, 0.05) is 0 Å². The lowest BCUT2D eigenvalue weighted by atomic mass is 10.2. The molecule has 25 heavy (non-hydrogen) atoms.